The van der Waals surface area contributed by atoms with Crippen molar-refractivity contribution in [1.29, 1.82) is 0 Å². The number of fused-ring (bicyclic) bond motifs is 1. The maximum Gasteiger partial charge on any atom is -0.0224 e. The second-order valence-corrected chi connectivity index (χ2v) is 4.00. The van der Waals surface area contributed by atoms with Crippen molar-refractivity contribution < 1.29 is 0 Å². The molecule has 0 radical (unpaired) electrons. The van der Waals surface area contributed by atoms with Crippen LogP contribution in [0.5, 0.6) is 0 Å². The zero-order valence-corrected chi connectivity index (χ0v) is 10.9. The largest absolute Gasteiger partial charge is 0.0701 e. The summed E-state index contributed by atoms with van der Waals surface area (Å²) in [5.41, 5.74) is 5.77. The van der Waals surface area contributed by atoms with Gasteiger partial charge in [-0.25, -0.2) is 0 Å². The van der Waals surface area contributed by atoms with Gasteiger partial charge in [-0.1, -0.05) is 61.4 Å². The second kappa shape index (κ2) is 6.32. The zero-order valence-electron chi connectivity index (χ0n) is 10.9. The Morgan fingerprint density at radius 1 is 0.875 bits per heavy atom. The van der Waals surface area contributed by atoms with Crippen LogP contribution in [-0.4, -0.2) is 0 Å². The molecule has 0 nitrogen and oxygen atoms in total. The van der Waals surface area contributed by atoms with Crippen molar-refractivity contribution >= 4 is 6.08 Å². The lowest BCUT2D eigenvalue weighted by Crippen LogP contribution is -1.94. The highest BCUT2D eigenvalue weighted by Crippen LogP contribution is 2.21. The Morgan fingerprint density at radius 3 is 2.31 bits per heavy atom. The van der Waals surface area contributed by atoms with Crippen molar-refractivity contribution in [2.24, 2.45) is 0 Å². The van der Waals surface area contributed by atoms with Gasteiger partial charge in [-0.15, -0.1) is 0 Å². The van der Waals surface area contributed by atoms with Crippen LogP contribution in [0.2, 0.25) is 0 Å². The average molecular weight is 214 g/mol. The first-order chi connectivity index (χ1) is 7.77. The molecule has 0 fully saturated rings. The minimum atomic E-state index is 1.17. The Kier molecular flexibility index (Phi) is 5.04. The monoisotopic (exact) mass is 214 g/mol. The zero-order chi connectivity index (χ0) is 12.0. The summed E-state index contributed by atoms with van der Waals surface area (Å²) in [6, 6.07) is 8.66. The quantitative estimate of drug-likeness (QED) is 0.569. The molecule has 0 saturated heterocycles. The molecule has 0 amide bonds. The van der Waals surface area contributed by atoms with Gasteiger partial charge in [-0.3, -0.25) is 0 Å². The first kappa shape index (κ1) is 12.8. The predicted octanol–water partition coefficient (Wildman–Crippen LogP) is 5.01. The van der Waals surface area contributed by atoms with Gasteiger partial charge in [0, 0.05) is 0 Å². The summed E-state index contributed by atoms with van der Waals surface area (Å²) in [6.45, 7) is 8.42. The van der Waals surface area contributed by atoms with E-state index in [4.69, 9.17) is 0 Å². The first-order valence-corrected chi connectivity index (χ1v) is 6.20. The van der Waals surface area contributed by atoms with E-state index in [-0.39, 0.29) is 0 Å². The maximum atomic E-state index is 2.23. The lowest BCUT2D eigenvalue weighted by atomic mass is 9.95. The van der Waals surface area contributed by atoms with Gasteiger partial charge in [0.15, 0.2) is 0 Å². The fraction of sp³-hybridized carbons (Fsp3) is 0.375. The summed E-state index contributed by atoms with van der Waals surface area (Å²) in [7, 11) is 0. The molecule has 0 heterocycles. The molecule has 0 bridgehead atoms. The minimum absolute atomic E-state index is 1.17. The van der Waals surface area contributed by atoms with Crippen molar-refractivity contribution in [2.45, 2.75) is 40.5 Å². The molecule has 0 saturated carbocycles. The molecular formula is C16H22. The summed E-state index contributed by atoms with van der Waals surface area (Å²) in [5.74, 6) is 0. The van der Waals surface area contributed by atoms with Crippen LogP contribution in [-0.2, 0) is 6.42 Å². The number of hydrogen-bond donors (Lipinski definition) is 0. The number of allylic oxidation sites excluding steroid dienone is 3. The smallest absolute Gasteiger partial charge is 0.0224 e. The van der Waals surface area contributed by atoms with Crippen LogP contribution in [0, 0.1) is 0 Å². The van der Waals surface area contributed by atoms with Crippen LogP contribution in [0.25, 0.3) is 6.08 Å². The highest BCUT2D eigenvalue weighted by molar-refractivity contribution is 5.57. The minimum Gasteiger partial charge on any atom is -0.0701 e. The molecule has 2 rings (SSSR count). The van der Waals surface area contributed by atoms with Crippen LogP contribution >= 0.6 is 0 Å². The number of benzene rings is 1. The van der Waals surface area contributed by atoms with Gasteiger partial charge in [0.2, 0.25) is 0 Å². The molecule has 0 aliphatic heterocycles. The summed E-state index contributed by atoms with van der Waals surface area (Å²) < 4.78 is 0. The highest BCUT2D eigenvalue weighted by Gasteiger charge is 2.03. The number of hydrogen-bond acceptors (Lipinski definition) is 0. The Balaban J connectivity index is 0.000000606. The standard InChI is InChI=1S/C14H16.C2H6/c1-11-7-9-13-5-3-4-6-14(13)10-8-12(11)2;1-2/h3-7,9H,8,10H2,1-2H3;1-2H3/b9-7-,12-11-;. The van der Waals surface area contributed by atoms with Gasteiger partial charge in [-0.2, -0.15) is 0 Å². The Bertz CT molecular complexity index is 394. The number of aryl methyl sites for hydroxylation is 1. The molecule has 16 heavy (non-hydrogen) atoms. The average Bonchev–Trinajstić information content (AvgIpc) is 2.35. The Morgan fingerprint density at radius 2 is 1.56 bits per heavy atom. The predicted molar refractivity (Wildman–Crippen MR) is 73.5 cm³/mol. The number of rotatable bonds is 0. The normalized spacial score (nSPS) is 21.0. The fourth-order valence-corrected chi connectivity index (χ4v) is 1.80. The van der Waals surface area contributed by atoms with E-state index < -0.39 is 0 Å². The molecule has 1 aliphatic rings. The lowest BCUT2D eigenvalue weighted by Gasteiger charge is -2.11. The molecule has 0 unspecified atom stereocenters. The third-order valence-electron chi connectivity index (χ3n) is 3.01. The van der Waals surface area contributed by atoms with E-state index in [0.29, 0.717) is 0 Å². The summed E-state index contributed by atoms with van der Waals surface area (Å²) in [4.78, 5) is 0. The third-order valence-corrected chi connectivity index (χ3v) is 3.01. The topological polar surface area (TPSA) is 0 Å². The van der Waals surface area contributed by atoms with Gasteiger partial charge >= 0.3 is 0 Å². The molecule has 1 aliphatic carbocycles. The van der Waals surface area contributed by atoms with Gasteiger partial charge in [0.25, 0.3) is 0 Å². The van der Waals surface area contributed by atoms with Crippen molar-refractivity contribution in [3.05, 3.63) is 52.6 Å². The van der Waals surface area contributed by atoms with Gasteiger partial charge < -0.3 is 0 Å². The van der Waals surface area contributed by atoms with Crippen LogP contribution in [0.15, 0.2) is 41.5 Å². The lowest BCUT2D eigenvalue weighted by molar-refractivity contribution is 0.923. The van der Waals surface area contributed by atoms with E-state index in [1.165, 1.54) is 35.1 Å². The Labute approximate surface area is 99.7 Å². The van der Waals surface area contributed by atoms with E-state index in [9.17, 15) is 0 Å². The Hall–Kier alpha value is -1.30. The van der Waals surface area contributed by atoms with E-state index in [1.54, 1.807) is 0 Å². The third kappa shape index (κ3) is 3.10. The molecule has 1 aromatic rings. The van der Waals surface area contributed by atoms with E-state index in [0.717, 1.165) is 0 Å². The van der Waals surface area contributed by atoms with Crippen LogP contribution in [0.3, 0.4) is 0 Å². The molecular weight excluding hydrogens is 192 g/mol. The maximum absolute atomic E-state index is 2.23. The molecule has 0 aromatic heterocycles. The molecule has 86 valence electrons. The molecule has 0 heteroatoms. The SMILES string of the molecule is CC.CC1=C(\C)CCc2ccccc2/C=C\1. The molecule has 0 atom stereocenters. The first-order valence-electron chi connectivity index (χ1n) is 6.20. The van der Waals surface area contributed by atoms with Crippen LogP contribution in [0.4, 0.5) is 0 Å². The second-order valence-electron chi connectivity index (χ2n) is 4.00. The molecule has 0 spiro atoms. The van der Waals surface area contributed by atoms with Gasteiger partial charge in [0.1, 0.15) is 0 Å². The van der Waals surface area contributed by atoms with Crippen LogP contribution < -0.4 is 0 Å². The summed E-state index contributed by atoms with van der Waals surface area (Å²) in [6.07, 6.45) is 6.82. The van der Waals surface area contributed by atoms with Crippen molar-refractivity contribution in [1.82, 2.24) is 0 Å². The van der Waals surface area contributed by atoms with E-state index in [1.807, 2.05) is 13.8 Å². The van der Waals surface area contributed by atoms with E-state index >= 15 is 0 Å². The fourth-order valence-electron chi connectivity index (χ4n) is 1.80. The van der Waals surface area contributed by atoms with Gasteiger partial charge in [-0.05, 0) is 37.8 Å². The van der Waals surface area contributed by atoms with E-state index in [2.05, 4.69) is 50.3 Å². The van der Waals surface area contributed by atoms with Crippen molar-refractivity contribution in [2.75, 3.05) is 0 Å². The molecule has 0 N–H and O–H groups in total. The molecule has 1 aromatic carbocycles. The highest BCUT2D eigenvalue weighted by atomic mass is 14.1. The van der Waals surface area contributed by atoms with Crippen molar-refractivity contribution in [3.63, 3.8) is 0 Å². The van der Waals surface area contributed by atoms with Crippen LogP contribution in [0.1, 0.15) is 45.2 Å². The summed E-state index contributed by atoms with van der Waals surface area (Å²) >= 11 is 0. The summed E-state index contributed by atoms with van der Waals surface area (Å²) in [5, 5.41) is 0. The van der Waals surface area contributed by atoms with Gasteiger partial charge in [0.05, 0.1) is 0 Å². The van der Waals surface area contributed by atoms with Crippen molar-refractivity contribution in [3.8, 4) is 0 Å².